The summed E-state index contributed by atoms with van der Waals surface area (Å²) in [7, 11) is 1.80. The Morgan fingerprint density at radius 1 is 1.32 bits per heavy atom. The summed E-state index contributed by atoms with van der Waals surface area (Å²) in [5.41, 5.74) is 3.94. The minimum atomic E-state index is -0.0253. The first kappa shape index (κ1) is 14.8. The Balaban J connectivity index is 1.47. The lowest BCUT2D eigenvalue weighted by molar-refractivity contribution is 0.0665. The third kappa shape index (κ3) is 3.20. The van der Waals surface area contributed by atoms with Gasteiger partial charge in [0.1, 0.15) is 0 Å². The van der Waals surface area contributed by atoms with Crippen molar-refractivity contribution < 1.29 is 9.53 Å². The molecule has 5 nitrogen and oxygen atoms in total. The Kier molecular flexibility index (Phi) is 4.53. The second kappa shape index (κ2) is 6.75. The number of nitrogens with zero attached hydrogens (tertiary/aromatic N) is 2. The minimum Gasteiger partial charge on any atom is -0.375 e. The molecule has 5 heteroatoms. The molecule has 0 spiro atoms. The molecule has 0 aliphatic heterocycles. The van der Waals surface area contributed by atoms with Crippen LogP contribution < -0.4 is 0 Å². The summed E-state index contributed by atoms with van der Waals surface area (Å²) < 4.78 is 5.63. The Hall–Kier alpha value is -2.14. The number of aryl methyl sites for hydroxylation is 1. The van der Waals surface area contributed by atoms with Crippen LogP contribution in [0, 0.1) is 0 Å². The number of fused-ring (bicyclic) bond motifs is 1. The Morgan fingerprint density at radius 3 is 2.95 bits per heavy atom. The molecular weight excluding hydrogens is 278 g/mol. The van der Waals surface area contributed by atoms with E-state index in [0.717, 1.165) is 36.1 Å². The van der Waals surface area contributed by atoms with Gasteiger partial charge in [0.05, 0.1) is 13.2 Å². The van der Waals surface area contributed by atoms with Crippen LogP contribution in [-0.4, -0.2) is 41.2 Å². The number of carbonyl (C=O) groups excluding carboxylic acids is 1. The van der Waals surface area contributed by atoms with Crippen LogP contribution in [0.4, 0.5) is 0 Å². The number of rotatable bonds is 6. The standard InChI is InChI=1S/C17H21N3O2/c1-20(10-11-22-12-13-6-3-2-4-7-13)17(21)16-14-8-5-9-15(14)18-19-16/h2-4,6-7H,5,8-12H2,1H3,(H,18,19). The van der Waals surface area contributed by atoms with Gasteiger partial charge in [-0.05, 0) is 24.8 Å². The average Bonchev–Trinajstić information content (AvgIpc) is 3.15. The second-order valence-corrected chi connectivity index (χ2v) is 5.65. The van der Waals surface area contributed by atoms with Gasteiger partial charge in [0.15, 0.2) is 5.69 Å². The van der Waals surface area contributed by atoms with E-state index in [0.29, 0.717) is 25.5 Å². The third-order valence-corrected chi connectivity index (χ3v) is 4.04. The summed E-state index contributed by atoms with van der Waals surface area (Å²) in [6, 6.07) is 10.0. The molecule has 1 heterocycles. The second-order valence-electron chi connectivity index (χ2n) is 5.65. The number of benzene rings is 1. The lowest BCUT2D eigenvalue weighted by Crippen LogP contribution is -2.31. The van der Waals surface area contributed by atoms with E-state index in [9.17, 15) is 4.79 Å². The predicted molar refractivity (Wildman–Crippen MR) is 83.7 cm³/mol. The average molecular weight is 299 g/mol. The fourth-order valence-electron chi connectivity index (χ4n) is 2.74. The summed E-state index contributed by atoms with van der Waals surface area (Å²) in [5.74, 6) is -0.0253. The molecular formula is C17H21N3O2. The normalized spacial score (nSPS) is 13.1. The monoisotopic (exact) mass is 299 g/mol. The first-order valence-corrected chi connectivity index (χ1v) is 7.69. The van der Waals surface area contributed by atoms with Crippen molar-refractivity contribution in [3.8, 4) is 0 Å². The van der Waals surface area contributed by atoms with Gasteiger partial charge in [-0.15, -0.1) is 0 Å². The van der Waals surface area contributed by atoms with Crippen LogP contribution in [0.15, 0.2) is 30.3 Å². The highest BCUT2D eigenvalue weighted by molar-refractivity contribution is 5.94. The topological polar surface area (TPSA) is 58.2 Å². The lowest BCUT2D eigenvalue weighted by atomic mass is 10.2. The zero-order valence-electron chi connectivity index (χ0n) is 12.8. The van der Waals surface area contributed by atoms with E-state index < -0.39 is 0 Å². The van der Waals surface area contributed by atoms with Crippen LogP contribution in [-0.2, 0) is 24.2 Å². The maximum Gasteiger partial charge on any atom is 0.274 e. The predicted octanol–water partition coefficient (Wildman–Crippen LogP) is 2.19. The molecule has 0 fully saturated rings. The van der Waals surface area contributed by atoms with Gasteiger partial charge in [0.25, 0.3) is 5.91 Å². The van der Waals surface area contributed by atoms with E-state index in [1.165, 1.54) is 0 Å². The fraction of sp³-hybridized carbons (Fsp3) is 0.412. The van der Waals surface area contributed by atoms with Crippen molar-refractivity contribution in [2.24, 2.45) is 0 Å². The van der Waals surface area contributed by atoms with Gasteiger partial charge in [-0.1, -0.05) is 30.3 Å². The number of nitrogens with one attached hydrogen (secondary N) is 1. The number of aromatic amines is 1. The van der Waals surface area contributed by atoms with Crippen molar-refractivity contribution >= 4 is 5.91 Å². The van der Waals surface area contributed by atoms with Crippen LogP contribution in [0.5, 0.6) is 0 Å². The molecule has 0 atom stereocenters. The summed E-state index contributed by atoms with van der Waals surface area (Å²) in [4.78, 5) is 14.1. The zero-order valence-corrected chi connectivity index (χ0v) is 12.8. The van der Waals surface area contributed by atoms with Crippen molar-refractivity contribution in [1.82, 2.24) is 15.1 Å². The molecule has 0 radical (unpaired) electrons. The molecule has 1 amide bonds. The summed E-state index contributed by atoms with van der Waals surface area (Å²) in [6.45, 7) is 1.65. The number of aromatic nitrogens is 2. The molecule has 0 saturated heterocycles. The van der Waals surface area contributed by atoms with Crippen molar-refractivity contribution in [2.75, 3.05) is 20.2 Å². The zero-order chi connectivity index (χ0) is 15.4. The highest BCUT2D eigenvalue weighted by Gasteiger charge is 2.24. The van der Waals surface area contributed by atoms with Gasteiger partial charge < -0.3 is 9.64 Å². The first-order chi connectivity index (χ1) is 10.8. The molecule has 3 rings (SSSR count). The highest BCUT2D eigenvalue weighted by atomic mass is 16.5. The molecule has 22 heavy (non-hydrogen) atoms. The van der Waals surface area contributed by atoms with Gasteiger partial charge in [-0.25, -0.2) is 0 Å². The first-order valence-electron chi connectivity index (χ1n) is 7.69. The van der Waals surface area contributed by atoms with Gasteiger partial charge in [0.2, 0.25) is 0 Å². The van der Waals surface area contributed by atoms with Gasteiger partial charge >= 0.3 is 0 Å². The molecule has 1 aromatic heterocycles. The molecule has 0 bridgehead atoms. The van der Waals surface area contributed by atoms with Gasteiger partial charge in [-0.2, -0.15) is 5.10 Å². The Labute approximate surface area is 130 Å². The molecule has 1 aliphatic carbocycles. The van der Waals surface area contributed by atoms with E-state index in [4.69, 9.17) is 4.74 Å². The molecule has 0 saturated carbocycles. The number of carbonyl (C=O) groups is 1. The minimum absolute atomic E-state index is 0.0253. The molecule has 1 aliphatic rings. The van der Waals surface area contributed by atoms with Gasteiger partial charge in [0, 0.05) is 24.8 Å². The molecule has 1 N–H and O–H groups in total. The van der Waals surface area contributed by atoms with Crippen LogP contribution >= 0.6 is 0 Å². The molecule has 2 aromatic rings. The largest absolute Gasteiger partial charge is 0.375 e. The van der Waals surface area contributed by atoms with E-state index in [1.807, 2.05) is 30.3 Å². The smallest absolute Gasteiger partial charge is 0.274 e. The van der Waals surface area contributed by atoms with Crippen molar-refractivity contribution in [1.29, 1.82) is 0 Å². The van der Waals surface area contributed by atoms with Gasteiger partial charge in [-0.3, -0.25) is 9.89 Å². The number of ether oxygens (including phenoxy) is 1. The lowest BCUT2D eigenvalue weighted by Gasteiger charge is -2.16. The molecule has 116 valence electrons. The van der Waals surface area contributed by atoms with Crippen LogP contribution in [0.25, 0.3) is 0 Å². The number of hydrogen-bond donors (Lipinski definition) is 1. The maximum absolute atomic E-state index is 12.4. The third-order valence-electron chi connectivity index (χ3n) is 4.04. The van der Waals surface area contributed by atoms with E-state index in [1.54, 1.807) is 11.9 Å². The molecule has 1 aromatic carbocycles. The highest BCUT2D eigenvalue weighted by Crippen LogP contribution is 2.23. The van der Waals surface area contributed by atoms with E-state index in [2.05, 4.69) is 10.2 Å². The van der Waals surface area contributed by atoms with Crippen LogP contribution in [0.1, 0.15) is 33.7 Å². The summed E-state index contributed by atoms with van der Waals surface area (Å²) >= 11 is 0. The quantitative estimate of drug-likeness (QED) is 0.832. The number of hydrogen-bond acceptors (Lipinski definition) is 3. The summed E-state index contributed by atoms with van der Waals surface area (Å²) in [6.07, 6.45) is 3.05. The van der Waals surface area contributed by atoms with Crippen molar-refractivity contribution in [3.63, 3.8) is 0 Å². The number of H-pyrrole nitrogens is 1. The SMILES string of the molecule is CN(CCOCc1ccccc1)C(=O)c1n[nH]c2c1CCC2. The fourth-order valence-corrected chi connectivity index (χ4v) is 2.74. The number of amides is 1. The number of likely N-dealkylation sites (N-methyl/N-ethyl adjacent to an activating group) is 1. The van der Waals surface area contributed by atoms with E-state index in [-0.39, 0.29) is 5.91 Å². The summed E-state index contributed by atoms with van der Waals surface area (Å²) in [5, 5.41) is 7.16. The Morgan fingerprint density at radius 2 is 2.14 bits per heavy atom. The van der Waals surface area contributed by atoms with Crippen LogP contribution in [0.3, 0.4) is 0 Å². The van der Waals surface area contributed by atoms with Crippen molar-refractivity contribution in [3.05, 3.63) is 52.8 Å². The van der Waals surface area contributed by atoms with Crippen molar-refractivity contribution in [2.45, 2.75) is 25.9 Å². The Bertz CT molecular complexity index is 637. The van der Waals surface area contributed by atoms with Crippen LogP contribution in [0.2, 0.25) is 0 Å². The van der Waals surface area contributed by atoms with E-state index >= 15 is 0 Å². The molecule has 0 unspecified atom stereocenters. The maximum atomic E-state index is 12.4.